The van der Waals surface area contributed by atoms with Crippen molar-refractivity contribution in [1.29, 1.82) is 0 Å². The van der Waals surface area contributed by atoms with Crippen molar-refractivity contribution >= 4 is 17.6 Å². The molecule has 3 heterocycles. The molecule has 0 spiro atoms. The molecule has 1 aromatic heterocycles. The Hall–Kier alpha value is -3.99. The Bertz CT molecular complexity index is 1420. The van der Waals surface area contributed by atoms with Gasteiger partial charge in [-0.1, -0.05) is 31.5 Å². The summed E-state index contributed by atoms with van der Waals surface area (Å²) in [6, 6.07) is 16.6. The number of aliphatic hydroxyl groups is 1. The van der Waals surface area contributed by atoms with Crippen molar-refractivity contribution in [3.63, 3.8) is 0 Å². The molecule has 1 fully saturated rings. The smallest absolute Gasteiger partial charge is 0.308 e. The first-order valence-electron chi connectivity index (χ1n) is 14.9. The molecule has 2 aromatic carbocycles. The number of benzene rings is 2. The lowest BCUT2D eigenvalue weighted by atomic mass is 9.83. The largest absolute Gasteiger partial charge is 0.481 e. The zero-order chi connectivity index (χ0) is 30.3. The van der Waals surface area contributed by atoms with E-state index in [4.69, 9.17) is 15.2 Å². The standard InChI is InChI=1S/C33H40N4O6/c1-2-3-13-37(26-9-6-7-22(14-26)17-34)30(39)19-36-18-27(23-15-24(20-38)32-29(16-23)42-21-43-32)31(33(40)41)28(36)11-10-25-8-4-5-12-35-25/h4-9,12,14-16,27-28,31,38H,2-3,10-11,13,17-21,34H2,1H3,(H,40,41)/t27-,28+,31-/m1/s1. The maximum atomic E-state index is 14.0. The minimum absolute atomic E-state index is 0.0467. The van der Waals surface area contributed by atoms with Gasteiger partial charge >= 0.3 is 5.97 Å². The topological polar surface area (TPSA) is 138 Å². The van der Waals surface area contributed by atoms with Crippen molar-refractivity contribution in [2.45, 2.75) is 57.7 Å². The summed E-state index contributed by atoms with van der Waals surface area (Å²) in [5, 5.41) is 20.6. The van der Waals surface area contributed by atoms with E-state index in [0.717, 1.165) is 35.3 Å². The number of amides is 1. The first kappa shape index (κ1) is 30.5. The first-order valence-corrected chi connectivity index (χ1v) is 14.9. The molecular formula is C33H40N4O6. The quantitative estimate of drug-likeness (QED) is 0.273. The molecular weight excluding hydrogens is 548 g/mol. The Morgan fingerprint density at radius 1 is 1.14 bits per heavy atom. The number of anilines is 1. The number of unbranched alkanes of at least 4 members (excludes halogenated alkanes) is 1. The van der Waals surface area contributed by atoms with Crippen LogP contribution in [0.2, 0.25) is 0 Å². The van der Waals surface area contributed by atoms with Gasteiger partial charge in [-0.25, -0.2) is 0 Å². The fourth-order valence-corrected chi connectivity index (χ4v) is 6.29. The molecule has 4 N–H and O–H groups in total. The minimum Gasteiger partial charge on any atom is -0.481 e. The molecule has 0 bridgehead atoms. The highest BCUT2D eigenvalue weighted by atomic mass is 16.7. The number of aryl methyl sites for hydroxylation is 1. The number of carboxylic acid groups (broad SMARTS) is 1. The summed E-state index contributed by atoms with van der Waals surface area (Å²) < 4.78 is 11.2. The number of fused-ring (bicyclic) bond motifs is 1. The van der Waals surface area contributed by atoms with Crippen LogP contribution >= 0.6 is 0 Å². The number of carbonyl (C=O) groups is 2. The third kappa shape index (κ3) is 6.82. The van der Waals surface area contributed by atoms with Crippen molar-refractivity contribution in [2.75, 3.05) is 31.3 Å². The number of nitrogens with zero attached hydrogens (tertiary/aromatic N) is 3. The van der Waals surface area contributed by atoms with Gasteiger partial charge in [0, 0.05) is 54.7 Å². The van der Waals surface area contributed by atoms with Gasteiger partial charge in [-0.15, -0.1) is 0 Å². The molecule has 5 rings (SSSR count). The monoisotopic (exact) mass is 588 g/mol. The van der Waals surface area contributed by atoms with Crippen LogP contribution < -0.4 is 20.1 Å². The summed E-state index contributed by atoms with van der Waals surface area (Å²) in [7, 11) is 0. The van der Waals surface area contributed by atoms with Crippen molar-refractivity contribution in [1.82, 2.24) is 9.88 Å². The molecule has 10 nitrogen and oxygen atoms in total. The van der Waals surface area contributed by atoms with Crippen LogP contribution in [0.25, 0.3) is 0 Å². The highest BCUT2D eigenvalue weighted by Crippen LogP contribution is 2.44. The Morgan fingerprint density at radius 3 is 2.72 bits per heavy atom. The molecule has 43 heavy (non-hydrogen) atoms. The molecule has 0 unspecified atom stereocenters. The second-order valence-electron chi connectivity index (χ2n) is 11.2. The number of carbonyl (C=O) groups excluding carboxylic acids is 1. The van der Waals surface area contributed by atoms with E-state index >= 15 is 0 Å². The van der Waals surface area contributed by atoms with E-state index in [1.807, 2.05) is 53.4 Å². The predicted octanol–water partition coefficient (Wildman–Crippen LogP) is 3.70. The fraction of sp³-hybridized carbons (Fsp3) is 0.424. The van der Waals surface area contributed by atoms with Gasteiger partial charge in [0.25, 0.3) is 0 Å². The number of pyridine rings is 1. The SMILES string of the molecule is CCCCN(C(=O)CN1C[C@H](c2cc(CO)c3c(c2)OCO3)[C@@H](C(=O)O)[C@@H]1CCc1ccccn1)c1cccc(CN)c1. The Kier molecular flexibility index (Phi) is 9.91. The van der Waals surface area contributed by atoms with Crippen molar-refractivity contribution in [2.24, 2.45) is 11.7 Å². The molecule has 0 aliphatic carbocycles. The third-order valence-electron chi connectivity index (χ3n) is 8.46. The molecule has 2 aliphatic rings. The van der Waals surface area contributed by atoms with E-state index in [1.54, 1.807) is 17.2 Å². The van der Waals surface area contributed by atoms with Crippen LogP contribution in [-0.2, 0) is 29.2 Å². The minimum atomic E-state index is -0.923. The number of aromatic nitrogens is 1. The van der Waals surface area contributed by atoms with Crippen LogP contribution in [0.15, 0.2) is 60.8 Å². The zero-order valence-electron chi connectivity index (χ0n) is 24.5. The first-order chi connectivity index (χ1) is 20.9. The van der Waals surface area contributed by atoms with Gasteiger partial charge in [0.1, 0.15) is 0 Å². The number of hydrogen-bond donors (Lipinski definition) is 3. The molecule has 3 atom stereocenters. The normalized spacial score (nSPS) is 19.5. The van der Waals surface area contributed by atoms with Gasteiger partial charge in [-0.05, 0) is 66.8 Å². The van der Waals surface area contributed by atoms with Gasteiger partial charge in [0.05, 0.1) is 19.1 Å². The highest BCUT2D eigenvalue weighted by Gasteiger charge is 2.47. The van der Waals surface area contributed by atoms with Gasteiger partial charge in [0.2, 0.25) is 12.7 Å². The summed E-state index contributed by atoms with van der Waals surface area (Å²) >= 11 is 0. The molecule has 2 aliphatic heterocycles. The van der Waals surface area contributed by atoms with Crippen molar-refractivity contribution in [3.8, 4) is 11.5 Å². The number of carboxylic acids is 1. The van der Waals surface area contributed by atoms with E-state index in [2.05, 4.69) is 11.9 Å². The van der Waals surface area contributed by atoms with Crippen LogP contribution in [0.5, 0.6) is 11.5 Å². The number of rotatable bonds is 13. The van der Waals surface area contributed by atoms with E-state index in [9.17, 15) is 19.8 Å². The van der Waals surface area contributed by atoms with Crippen LogP contribution in [0, 0.1) is 5.92 Å². The summed E-state index contributed by atoms with van der Waals surface area (Å²) in [5.41, 5.74) is 9.79. The second-order valence-corrected chi connectivity index (χ2v) is 11.2. The summed E-state index contributed by atoms with van der Waals surface area (Å²) in [6.45, 7) is 3.24. The number of likely N-dealkylation sites (tertiary alicyclic amines) is 1. The van der Waals surface area contributed by atoms with Gasteiger partial charge in [-0.2, -0.15) is 0 Å². The Balaban J connectivity index is 1.47. The average Bonchev–Trinajstić information content (AvgIpc) is 3.65. The zero-order valence-corrected chi connectivity index (χ0v) is 24.5. The average molecular weight is 589 g/mol. The lowest BCUT2D eigenvalue weighted by molar-refractivity contribution is -0.143. The number of aliphatic carboxylic acids is 1. The third-order valence-corrected chi connectivity index (χ3v) is 8.46. The van der Waals surface area contributed by atoms with Crippen molar-refractivity contribution in [3.05, 3.63) is 83.2 Å². The van der Waals surface area contributed by atoms with E-state index in [-0.39, 0.29) is 25.9 Å². The summed E-state index contributed by atoms with van der Waals surface area (Å²) in [5.74, 6) is -1.24. The molecule has 0 radical (unpaired) electrons. The molecule has 228 valence electrons. The van der Waals surface area contributed by atoms with Crippen LogP contribution in [0.4, 0.5) is 5.69 Å². The Labute approximate surface area is 252 Å². The lowest BCUT2D eigenvalue weighted by Crippen LogP contribution is -2.44. The van der Waals surface area contributed by atoms with Gasteiger partial charge in [0.15, 0.2) is 11.5 Å². The molecule has 0 saturated carbocycles. The summed E-state index contributed by atoms with van der Waals surface area (Å²) in [6.07, 6.45) is 4.59. The van der Waals surface area contributed by atoms with Crippen molar-refractivity contribution < 1.29 is 29.3 Å². The molecule has 3 aromatic rings. The summed E-state index contributed by atoms with van der Waals surface area (Å²) in [4.78, 5) is 35.2. The maximum Gasteiger partial charge on any atom is 0.308 e. The van der Waals surface area contributed by atoms with Gasteiger partial charge in [-0.3, -0.25) is 19.5 Å². The van der Waals surface area contributed by atoms with Crippen LogP contribution in [0.3, 0.4) is 0 Å². The molecule has 1 amide bonds. The van der Waals surface area contributed by atoms with Gasteiger partial charge < -0.3 is 30.3 Å². The van der Waals surface area contributed by atoms with Crippen LogP contribution in [-0.4, -0.2) is 64.4 Å². The fourth-order valence-electron chi connectivity index (χ4n) is 6.29. The van der Waals surface area contributed by atoms with E-state index in [0.29, 0.717) is 49.5 Å². The van der Waals surface area contributed by atoms with Crippen LogP contribution in [0.1, 0.15) is 54.5 Å². The number of nitrogens with two attached hydrogens (primary N) is 1. The van der Waals surface area contributed by atoms with E-state index < -0.39 is 23.8 Å². The lowest BCUT2D eigenvalue weighted by Gasteiger charge is -2.30. The number of aliphatic hydroxyl groups excluding tert-OH is 1. The molecule has 10 heteroatoms. The number of ether oxygens (including phenoxy) is 2. The second kappa shape index (κ2) is 14.0. The Morgan fingerprint density at radius 2 is 2.00 bits per heavy atom. The maximum absolute atomic E-state index is 14.0. The number of hydrogen-bond acceptors (Lipinski definition) is 8. The van der Waals surface area contributed by atoms with E-state index in [1.165, 1.54) is 0 Å². The predicted molar refractivity (Wildman–Crippen MR) is 162 cm³/mol. The highest BCUT2D eigenvalue weighted by molar-refractivity contribution is 5.95. The molecule has 1 saturated heterocycles.